The molecule has 1 aliphatic heterocycles. The number of carbonyl (C=O) groups is 4. The van der Waals surface area contributed by atoms with Crippen LogP contribution in [0.15, 0.2) is 0 Å². The monoisotopic (exact) mass is 386 g/mol. The van der Waals surface area contributed by atoms with Crippen molar-refractivity contribution in [3.63, 3.8) is 0 Å². The van der Waals surface area contributed by atoms with E-state index in [-0.39, 0.29) is 43.7 Å². The molecule has 0 aliphatic carbocycles. The highest BCUT2D eigenvalue weighted by Crippen LogP contribution is 2.16. The maximum absolute atomic E-state index is 11.9. The second kappa shape index (κ2) is 9.80. The topological polar surface area (TPSA) is 111 Å². The number of methoxy groups -OCH3 is 1. The van der Waals surface area contributed by atoms with E-state index in [1.54, 1.807) is 7.11 Å². The van der Waals surface area contributed by atoms with Gasteiger partial charge in [0.15, 0.2) is 0 Å². The summed E-state index contributed by atoms with van der Waals surface area (Å²) in [5.41, 5.74) is -0.855. The van der Waals surface area contributed by atoms with Crippen LogP contribution in [0, 0.1) is 0 Å². The number of amides is 3. The second-order valence-corrected chi connectivity index (χ2v) is 7.64. The molecule has 0 unspecified atom stereocenters. The van der Waals surface area contributed by atoms with Crippen molar-refractivity contribution in [3.8, 4) is 0 Å². The van der Waals surface area contributed by atoms with Gasteiger partial charge in [-0.2, -0.15) is 0 Å². The Morgan fingerprint density at radius 3 is 2.19 bits per heavy atom. The number of carbonyl (C=O) groups excluding carboxylic acids is 4. The van der Waals surface area contributed by atoms with Gasteiger partial charge in [0.1, 0.15) is 0 Å². The average Bonchev–Trinajstić information content (AvgIpc) is 2.90. The van der Waals surface area contributed by atoms with Crippen molar-refractivity contribution in [2.75, 3.05) is 20.3 Å². The van der Waals surface area contributed by atoms with Crippen LogP contribution in [0.3, 0.4) is 0 Å². The van der Waals surface area contributed by atoms with Crippen LogP contribution in [0.2, 0.25) is 0 Å². The third-order valence-corrected chi connectivity index (χ3v) is 4.22. The molecule has 9 nitrogen and oxygen atoms in total. The highest BCUT2D eigenvalue weighted by atomic mass is 16.7. The molecule has 1 saturated heterocycles. The normalized spacial score (nSPS) is 15.2. The summed E-state index contributed by atoms with van der Waals surface area (Å²) >= 11 is 0. The minimum Gasteiger partial charge on any atom is -0.379 e. The maximum atomic E-state index is 11.9. The lowest BCUT2D eigenvalue weighted by Gasteiger charge is -2.29. The molecular formula is C18H30N2O7. The third kappa shape index (κ3) is 8.49. The van der Waals surface area contributed by atoms with Crippen molar-refractivity contribution in [3.05, 3.63) is 0 Å². The van der Waals surface area contributed by atoms with Crippen molar-refractivity contribution in [1.29, 1.82) is 0 Å². The maximum Gasteiger partial charge on any atom is 0.333 e. The van der Waals surface area contributed by atoms with E-state index >= 15 is 0 Å². The Morgan fingerprint density at radius 1 is 1.04 bits per heavy atom. The van der Waals surface area contributed by atoms with Gasteiger partial charge in [-0.15, -0.1) is 5.06 Å². The fraction of sp³-hybridized carbons (Fsp3) is 0.778. The quantitative estimate of drug-likeness (QED) is 0.529. The summed E-state index contributed by atoms with van der Waals surface area (Å²) in [5, 5.41) is 3.17. The summed E-state index contributed by atoms with van der Waals surface area (Å²) in [6.45, 7) is 8.39. The molecule has 1 rings (SSSR count). The number of hydrogen-bond donors (Lipinski definition) is 1. The predicted octanol–water partition coefficient (Wildman–Crippen LogP) is 1.10. The Balaban J connectivity index is 2.26. The van der Waals surface area contributed by atoms with Crippen LogP contribution < -0.4 is 5.32 Å². The first-order chi connectivity index (χ1) is 12.5. The lowest BCUT2D eigenvalue weighted by atomic mass is 10.1. The average molecular weight is 386 g/mol. The van der Waals surface area contributed by atoms with Gasteiger partial charge in [-0.1, -0.05) is 0 Å². The van der Waals surface area contributed by atoms with E-state index in [0.29, 0.717) is 18.1 Å². The Bertz CT molecular complexity index is 556. The van der Waals surface area contributed by atoms with Gasteiger partial charge in [0.2, 0.25) is 5.91 Å². The molecule has 1 heterocycles. The third-order valence-electron chi connectivity index (χ3n) is 4.22. The molecule has 1 aliphatic rings. The number of imide groups is 1. The summed E-state index contributed by atoms with van der Waals surface area (Å²) < 4.78 is 11.1. The van der Waals surface area contributed by atoms with Gasteiger partial charge in [0, 0.05) is 32.9 Å². The van der Waals surface area contributed by atoms with Crippen molar-refractivity contribution >= 4 is 23.7 Å². The van der Waals surface area contributed by atoms with Gasteiger partial charge in [-0.25, -0.2) is 4.79 Å². The van der Waals surface area contributed by atoms with Crippen LogP contribution in [-0.4, -0.2) is 60.2 Å². The van der Waals surface area contributed by atoms with Crippen molar-refractivity contribution in [1.82, 2.24) is 10.4 Å². The number of rotatable bonds is 11. The zero-order valence-corrected chi connectivity index (χ0v) is 16.8. The van der Waals surface area contributed by atoms with Gasteiger partial charge in [0.25, 0.3) is 11.8 Å². The van der Waals surface area contributed by atoms with E-state index < -0.39 is 23.4 Å². The second-order valence-electron chi connectivity index (χ2n) is 7.64. The van der Waals surface area contributed by atoms with Crippen LogP contribution >= 0.6 is 0 Å². The first-order valence-electron chi connectivity index (χ1n) is 8.98. The summed E-state index contributed by atoms with van der Waals surface area (Å²) in [7, 11) is 1.64. The lowest BCUT2D eigenvalue weighted by molar-refractivity contribution is -0.197. The first-order valence-corrected chi connectivity index (χ1v) is 8.98. The molecule has 27 heavy (non-hydrogen) atoms. The Kier molecular flexibility index (Phi) is 8.36. The summed E-state index contributed by atoms with van der Waals surface area (Å²) in [5.74, 6) is -2.24. The van der Waals surface area contributed by atoms with Gasteiger partial charge in [-0.05, 0) is 34.1 Å². The molecule has 0 bridgehead atoms. The fourth-order valence-corrected chi connectivity index (χ4v) is 2.15. The molecule has 0 aromatic heterocycles. The van der Waals surface area contributed by atoms with E-state index in [0.717, 1.165) is 0 Å². The number of ether oxygens (including phenoxy) is 2. The van der Waals surface area contributed by atoms with E-state index in [4.69, 9.17) is 14.3 Å². The standard InChI is InChI=1S/C18H30N2O7/c1-17(2,25-5)10-11-26-18(3,4)12-19-13(21)6-9-16(24)27-20-14(22)7-8-15(20)23/h6-12H2,1-5H3,(H,19,21). The summed E-state index contributed by atoms with van der Waals surface area (Å²) in [4.78, 5) is 51.0. The molecule has 0 saturated carbocycles. The van der Waals surface area contributed by atoms with Crippen LogP contribution in [0.1, 0.15) is 59.8 Å². The zero-order valence-electron chi connectivity index (χ0n) is 16.8. The smallest absolute Gasteiger partial charge is 0.333 e. The molecule has 3 amide bonds. The molecule has 9 heteroatoms. The highest BCUT2D eigenvalue weighted by molar-refractivity contribution is 6.01. The highest BCUT2D eigenvalue weighted by Gasteiger charge is 2.32. The van der Waals surface area contributed by atoms with Crippen molar-refractivity contribution < 1.29 is 33.5 Å². The Hall–Kier alpha value is -2.00. The summed E-state index contributed by atoms with van der Waals surface area (Å²) in [6, 6.07) is 0. The number of nitrogens with one attached hydrogen (secondary N) is 1. The van der Waals surface area contributed by atoms with Crippen molar-refractivity contribution in [2.24, 2.45) is 0 Å². The van der Waals surface area contributed by atoms with Crippen LogP contribution in [0.5, 0.6) is 0 Å². The van der Waals surface area contributed by atoms with Gasteiger partial charge in [0.05, 0.1) is 24.2 Å². The molecule has 0 radical (unpaired) electrons. The lowest BCUT2D eigenvalue weighted by Crippen LogP contribution is -2.41. The van der Waals surface area contributed by atoms with E-state index in [2.05, 4.69) is 5.32 Å². The molecule has 0 atom stereocenters. The van der Waals surface area contributed by atoms with E-state index in [9.17, 15) is 19.2 Å². The SMILES string of the molecule is COC(C)(C)CCOC(C)(C)CNC(=O)CCC(=O)ON1C(=O)CCC1=O. The minimum absolute atomic E-state index is 0.0310. The van der Waals surface area contributed by atoms with Crippen LogP contribution in [0.25, 0.3) is 0 Å². The summed E-state index contributed by atoms with van der Waals surface area (Å²) in [6.07, 6.45) is 0.432. The molecule has 0 aromatic carbocycles. The molecule has 1 fully saturated rings. The van der Waals surface area contributed by atoms with Gasteiger partial charge < -0.3 is 19.6 Å². The van der Waals surface area contributed by atoms with E-state index in [1.807, 2.05) is 27.7 Å². The molecule has 154 valence electrons. The van der Waals surface area contributed by atoms with Gasteiger partial charge >= 0.3 is 5.97 Å². The number of nitrogens with zero attached hydrogens (tertiary/aromatic N) is 1. The molecule has 0 spiro atoms. The molecular weight excluding hydrogens is 356 g/mol. The predicted molar refractivity (Wildman–Crippen MR) is 95.2 cm³/mol. The first kappa shape index (κ1) is 23.0. The molecule has 1 N–H and O–H groups in total. The van der Waals surface area contributed by atoms with Crippen molar-refractivity contribution in [2.45, 2.75) is 71.0 Å². The van der Waals surface area contributed by atoms with Gasteiger partial charge in [-0.3, -0.25) is 14.4 Å². The fourth-order valence-electron chi connectivity index (χ4n) is 2.15. The number of hydrogen-bond acceptors (Lipinski definition) is 7. The largest absolute Gasteiger partial charge is 0.379 e. The van der Waals surface area contributed by atoms with E-state index in [1.165, 1.54) is 0 Å². The number of hydroxylamine groups is 2. The van der Waals surface area contributed by atoms with Crippen LogP contribution in [-0.2, 0) is 33.5 Å². The Labute approximate surface area is 159 Å². The zero-order chi connectivity index (χ0) is 20.7. The minimum atomic E-state index is -0.800. The van der Waals surface area contributed by atoms with Crippen LogP contribution in [0.4, 0.5) is 0 Å². The molecule has 0 aromatic rings. The Morgan fingerprint density at radius 2 is 1.63 bits per heavy atom.